The maximum atomic E-state index is 11.9. The van der Waals surface area contributed by atoms with Crippen molar-refractivity contribution in [3.8, 4) is 11.1 Å². The lowest BCUT2D eigenvalue weighted by Crippen LogP contribution is -2.21. The van der Waals surface area contributed by atoms with E-state index in [4.69, 9.17) is 0 Å². The number of hydrogen-bond acceptors (Lipinski definition) is 2. The van der Waals surface area contributed by atoms with Gasteiger partial charge < -0.3 is 9.80 Å². The lowest BCUT2D eigenvalue weighted by Gasteiger charge is -2.12. The molecule has 0 atom stereocenters. The molecule has 0 radical (unpaired) electrons. The topological polar surface area (TPSA) is 40.6 Å². The van der Waals surface area contributed by atoms with Crippen LogP contribution in [0.3, 0.4) is 0 Å². The molecule has 0 saturated heterocycles. The number of benzene rings is 2. The van der Waals surface area contributed by atoms with Crippen molar-refractivity contribution in [1.29, 1.82) is 0 Å². The first kappa shape index (κ1) is 15.8. The molecule has 0 heterocycles. The van der Waals surface area contributed by atoms with E-state index in [1.165, 1.54) is 0 Å². The summed E-state index contributed by atoms with van der Waals surface area (Å²) in [5.74, 6) is -0.0306. The van der Waals surface area contributed by atoms with Crippen molar-refractivity contribution in [2.24, 2.45) is 0 Å². The average Bonchev–Trinajstić information content (AvgIpc) is 2.53. The first-order valence-corrected chi connectivity index (χ1v) is 7.04. The molecule has 0 aliphatic carbocycles. The molecule has 0 aliphatic heterocycles. The van der Waals surface area contributed by atoms with Crippen molar-refractivity contribution in [1.82, 2.24) is 9.80 Å². The average molecular weight is 296 g/mol. The maximum Gasteiger partial charge on any atom is 0.253 e. The first-order valence-electron chi connectivity index (χ1n) is 7.04. The van der Waals surface area contributed by atoms with E-state index in [9.17, 15) is 9.59 Å². The largest absolute Gasteiger partial charge is 0.345 e. The number of carbonyl (C=O) groups excluding carboxylic acids is 2. The van der Waals surface area contributed by atoms with E-state index in [1.807, 2.05) is 48.5 Å². The van der Waals surface area contributed by atoms with Crippen molar-refractivity contribution >= 4 is 11.8 Å². The fraction of sp³-hybridized carbons (Fsp3) is 0.222. The third-order valence-electron chi connectivity index (χ3n) is 3.41. The molecule has 0 N–H and O–H groups in total. The molecule has 0 aromatic heterocycles. The van der Waals surface area contributed by atoms with Gasteiger partial charge in [0.15, 0.2) is 0 Å². The van der Waals surface area contributed by atoms with Crippen LogP contribution in [0.1, 0.15) is 20.7 Å². The van der Waals surface area contributed by atoms with E-state index in [1.54, 1.807) is 38.0 Å². The molecule has 2 aromatic rings. The van der Waals surface area contributed by atoms with E-state index in [0.717, 1.165) is 11.1 Å². The van der Waals surface area contributed by atoms with Crippen LogP contribution in [0, 0.1) is 0 Å². The second-order valence-electron chi connectivity index (χ2n) is 5.55. The molecule has 2 rings (SSSR count). The Balaban J connectivity index is 2.22. The Morgan fingerprint density at radius 3 is 1.09 bits per heavy atom. The van der Waals surface area contributed by atoms with Crippen molar-refractivity contribution in [2.75, 3.05) is 28.2 Å². The number of nitrogens with zero attached hydrogens (tertiary/aromatic N) is 2. The molecule has 0 saturated carbocycles. The van der Waals surface area contributed by atoms with Gasteiger partial charge in [-0.2, -0.15) is 0 Å². The van der Waals surface area contributed by atoms with Gasteiger partial charge >= 0.3 is 0 Å². The summed E-state index contributed by atoms with van der Waals surface area (Å²) in [5, 5.41) is 0. The Labute approximate surface area is 131 Å². The first-order chi connectivity index (χ1) is 10.4. The molecule has 0 unspecified atom stereocenters. The van der Waals surface area contributed by atoms with Gasteiger partial charge in [0, 0.05) is 39.3 Å². The fourth-order valence-corrected chi connectivity index (χ4v) is 2.13. The molecule has 0 bridgehead atoms. The number of hydrogen-bond donors (Lipinski definition) is 0. The van der Waals surface area contributed by atoms with Crippen LogP contribution in [0.25, 0.3) is 11.1 Å². The fourth-order valence-electron chi connectivity index (χ4n) is 2.13. The summed E-state index contributed by atoms with van der Waals surface area (Å²) in [6.07, 6.45) is 0. The highest BCUT2D eigenvalue weighted by atomic mass is 16.2. The van der Waals surface area contributed by atoms with E-state index >= 15 is 0 Å². The van der Waals surface area contributed by atoms with Crippen LogP contribution in [-0.2, 0) is 0 Å². The Kier molecular flexibility index (Phi) is 4.61. The minimum absolute atomic E-state index is 0.0153. The highest BCUT2D eigenvalue weighted by molar-refractivity contribution is 5.95. The van der Waals surface area contributed by atoms with Gasteiger partial charge in [0.2, 0.25) is 0 Å². The van der Waals surface area contributed by atoms with Crippen LogP contribution in [0.2, 0.25) is 0 Å². The van der Waals surface area contributed by atoms with Crippen molar-refractivity contribution < 1.29 is 9.59 Å². The van der Waals surface area contributed by atoms with Gasteiger partial charge in [0.1, 0.15) is 0 Å². The highest BCUT2D eigenvalue weighted by Gasteiger charge is 2.09. The van der Waals surface area contributed by atoms with Crippen LogP contribution in [0.5, 0.6) is 0 Å². The second-order valence-corrected chi connectivity index (χ2v) is 5.55. The summed E-state index contributed by atoms with van der Waals surface area (Å²) in [5.41, 5.74) is 3.35. The molecular weight excluding hydrogens is 276 g/mol. The molecule has 2 amide bonds. The van der Waals surface area contributed by atoms with Crippen molar-refractivity contribution in [3.63, 3.8) is 0 Å². The monoisotopic (exact) mass is 296 g/mol. The Morgan fingerprint density at radius 2 is 0.864 bits per heavy atom. The zero-order chi connectivity index (χ0) is 16.3. The van der Waals surface area contributed by atoms with E-state index in [2.05, 4.69) is 0 Å². The Bertz CT molecular complexity index is 610. The van der Waals surface area contributed by atoms with E-state index < -0.39 is 0 Å². The third-order valence-corrected chi connectivity index (χ3v) is 3.41. The Hall–Kier alpha value is -2.62. The summed E-state index contributed by atoms with van der Waals surface area (Å²) in [7, 11) is 6.93. The van der Waals surface area contributed by atoms with Gasteiger partial charge in [0.05, 0.1) is 0 Å². The second kappa shape index (κ2) is 6.43. The summed E-state index contributed by atoms with van der Waals surface area (Å²) in [6, 6.07) is 14.9. The zero-order valence-corrected chi connectivity index (χ0v) is 13.3. The summed E-state index contributed by atoms with van der Waals surface area (Å²) in [4.78, 5) is 26.8. The predicted molar refractivity (Wildman–Crippen MR) is 87.9 cm³/mol. The molecule has 4 heteroatoms. The highest BCUT2D eigenvalue weighted by Crippen LogP contribution is 2.21. The van der Waals surface area contributed by atoms with Crippen molar-refractivity contribution in [3.05, 3.63) is 59.7 Å². The SMILES string of the molecule is CN(C)C(=O)c1ccc(-c2ccc(C(=O)N(C)C)cc2)cc1. The standard InChI is InChI=1S/C18H20N2O2/c1-19(2)17(21)15-9-5-13(6-10-15)14-7-11-16(12-8-14)18(22)20(3)4/h5-12H,1-4H3. The zero-order valence-electron chi connectivity index (χ0n) is 13.3. The number of carbonyl (C=O) groups is 2. The summed E-state index contributed by atoms with van der Waals surface area (Å²) in [6.45, 7) is 0. The normalized spacial score (nSPS) is 10.2. The van der Waals surface area contributed by atoms with Gasteiger partial charge in [0.25, 0.3) is 11.8 Å². The minimum atomic E-state index is -0.0153. The molecule has 0 fully saturated rings. The molecule has 0 aliphatic rings. The molecule has 114 valence electrons. The molecule has 4 nitrogen and oxygen atoms in total. The lowest BCUT2D eigenvalue weighted by molar-refractivity contribution is 0.0820. The molecule has 22 heavy (non-hydrogen) atoms. The van der Waals surface area contributed by atoms with Crippen molar-refractivity contribution in [2.45, 2.75) is 0 Å². The van der Waals surface area contributed by atoms with Crippen LogP contribution < -0.4 is 0 Å². The third kappa shape index (κ3) is 3.34. The maximum absolute atomic E-state index is 11.9. The molecule has 0 spiro atoms. The summed E-state index contributed by atoms with van der Waals surface area (Å²) >= 11 is 0. The Morgan fingerprint density at radius 1 is 0.591 bits per heavy atom. The van der Waals surface area contributed by atoms with Crippen LogP contribution >= 0.6 is 0 Å². The molecular formula is C18H20N2O2. The van der Waals surface area contributed by atoms with Crippen LogP contribution in [0.15, 0.2) is 48.5 Å². The van der Waals surface area contributed by atoms with Gasteiger partial charge in [-0.15, -0.1) is 0 Å². The minimum Gasteiger partial charge on any atom is -0.345 e. The smallest absolute Gasteiger partial charge is 0.253 e. The van der Waals surface area contributed by atoms with E-state index in [-0.39, 0.29) is 11.8 Å². The van der Waals surface area contributed by atoms with Crippen LogP contribution in [0.4, 0.5) is 0 Å². The van der Waals surface area contributed by atoms with E-state index in [0.29, 0.717) is 11.1 Å². The summed E-state index contributed by atoms with van der Waals surface area (Å²) < 4.78 is 0. The number of amides is 2. The van der Waals surface area contributed by atoms with Gasteiger partial charge in [-0.25, -0.2) is 0 Å². The van der Waals surface area contributed by atoms with Gasteiger partial charge in [-0.3, -0.25) is 9.59 Å². The number of rotatable bonds is 3. The quantitative estimate of drug-likeness (QED) is 0.874. The predicted octanol–water partition coefficient (Wildman–Crippen LogP) is 2.76. The van der Waals surface area contributed by atoms with Crippen LogP contribution in [-0.4, -0.2) is 49.8 Å². The molecule has 2 aromatic carbocycles. The lowest BCUT2D eigenvalue weighted by atomic mass is 10.0. The van der Waals surface area contributed by atoms with Gasteiger partial charge in [-0.05, 0) is 35.4 Å². The van der Waals surface area contributed by atoms with Gasteiger partial charge in [-0.1, -0.05) is 24.3 Å².